The van der Waals surface area contributed by atoms with E-state index in [0.29, 0.717) is 5.56 Å². The van der Waals surface area contributed by atoms with Crippen molar-refractivity contribution < 1.29 is 13.2 Å². The first-order chi connectivity index (χ1) is 8.58. The number of hydrogen-bond acceptors (Lipinski definition) is 0. The smallest absolute Gasteiger partial charge is 0.129 e. The third-order valence-electron chi connectivity index (χ3n) is 2.68. The van der Waals surface area contributed by atoms with Crippen molar-refractivity contribution >= 4 is 11.6 Å². The third-order valence-corrected chi connectivity index (χ3v) is 3.08. The van der Waals surface area contributed by atoms with Gasteiger partial charge in [0.1, 0.15) is 17.5 Å². The molecule has 0 bridgehead atoms. The molecule has 2 rings (SSSR count). The molecule has 2 aromatic rings. The minimum Gasteiger partial charge on any atom is -0.207 e. The van der Waals surface area contributed by atoms with E-state index in [9.17, 15) is 13.2 Å². The lowest BCUT2D eigenvalue weighted by molar-refractivity contribution is 0.552. The molecule has 0 aliphatic carbocycles. The van der Waals surface area contributed by atoms with Crippen molar-refractivity contribution in [3.63, 3.8) is 0 Å². The fraction of sp³-hybridized carbons (Fsp3) is 0.143. The zero-order chi connectivity index (χ0) is 13.1. The Bertz CT molecular complexity index is 517. The summed E-state index contributed by atoms with van der Waals surface area (Å²) in [7, 11) is 0. The topological polar surface area (TPSA) is 0 Å². The van der Waals surface area contributed by atoms with Gasteiger partial charge in [0, 0.05) is 5.56 Å². The normalized spacial score (nSPS) is 12.4. The summed E-state index contributed by atoms with van der Waals surface area (Å²) in [5, 5.41) is -0.600. The van der Waals surface area contributed by atoms with Crippen LogP contribution < -0.4 is 0 Å². The van der Waals surface area contributed by atoms with Crippen molar-refractivity contribution in [2.75, 3.05) is 0 Å². The molecule has 0 spiro atoms. The molecule has 2 aromatic carbocycles. The monoisotopic (exact) mass is 270 g/mol. The molecule has 0 aliphatic heterocycles. The van der Waals surface area contributed by atoms with Crippen LogP contribution in [0, 0.1) is 17.5 Å². The Labute approximate surface area is 108 Å². The first-order valence-electron chi connectivity index (χ1n) is 5.40. The lowest BCUT2D eigenvalue weighted by Crippen LogP contribution is -2.01. The van der Waals surface area contributed by atoms with Gasteiger partial charge in [-0.05, 0) is 36.2 Å². The van der Waals surface area contributed by atoms with E-state index in [0.717, 1.165) is 0 Å². The van der Waals surface area contributed by atoms with Crippen molar-refractivity contribution in [1.82, 2.24) is 0 Å². The Morgan fingerprint density at radius 2 is 1.44 bits per heavy atom. The van der Waals surface area contributed by atoms with E-state index >= 15 is 0 Å². The van der Waals surface area contributed by atoms with Gasteiger partial charge in [-0.25, -0.2) is 13.2 Å². The molecule has 0 amide bonds. The van der Waals surface area contributed by atoms with Crippen molar-refractivity contribution in [3.8, 4) is 0 Å². The van der Waals surface area contributed by atoms with Gasteiger partial charge in [0.05, 0.1) is 5.38 Å². The summed E-state index contributed by atoms with van der Waals surface area (Å²) < 4.78 is 39.6. The van der Waals surface area contributed by atoms with Crippen molar-refractivity contribution in [1.29, 1.82) is 0 Å². The maximum absolute atomic E-state index is 13.4. The van der Waals surface area contributed by atoms with Gasteiger partial charge in [-0.2, -0.15) is 0 Å². The van der Waals surface area contributed by atoms with E-state index in [1.165, 1.54) is 42.5 Å². The molecule has 18 heavy (non-hydrogen) atoms. The highest BCUT2D eigenvalue weighted by atomic mass is 35.5. The summed E-state index contributed by atoms with van der Waals surface area (Å²) in [6, 6.07) is 9.22. The molecule has 0 saturated carbocycles. The first-order valence-corrected chi connectivity index (χ1v) is 5.84. The van der Waals surface area contributed by atoms with Crippen molar-refractivity contribution in [2.24, 2.45) is 0 Å². The van der Waals surface area contributed by atoms with Crippen LogP contribution in [0.1, 0.15) is 16.5 Å². The highest BCUT2D eigenvalue weighted by Crippen LogP contribution is 2.27. The van der Waals surface area contributed by atoms with Gasteiger partial charge in [-0.15, -0.1) is 11.6 Å². The second-order valence-corrected chi connectivity index (χ2v) is 4.45. The van der Waals surface area contributed by atoms with Crippen LogP contribution in [0.2, 0.25) is 0 Å². The van der Waals surface area contributed by atoms with Gasteiger partial charge in [0.25, 0.3) is 0 Å². The Kier molecular flexibility index (Phi) is 3.92. The maximum atomic E-state index is 13.4. The molecule has 1 atom stereocenters. The molecule has 4 heteroatoms. The van der Waals surface area contributed by atoms with Gasteiger partial charge in [0.15, 0.2) is 0 Å². The quantitative estimate of drug-likeness (QED) is 0.714. The molecule has 0 radical (unpaired) electrons. The number of halogens is 4. The molecule has 0 N–H and O–H groups in total. The second-order valence-electron chi connectivity index (χ2n) is 3.92. The van der Waals surface area contributed by atoms with E-state index in [4.69, 9.17) is 11.6 Å². The van der Waals surface area contributed by atoms with E-state index < -0.39 is 17.0 Å². The van der Waals surface area contributed by atoms with E-state index in [1.807, 2.05) is 0 Å². The van der Waals surface area contributed by atoms with Crippen LogP contribution in [-0.4, -0.2) is 0 Å². The molecule has 0 heterocycles. The fourth-order valence-corrected chi connectivity index (χ4v) is 2.00. The minimum absolute atomic E-state index is 0.0195. The minimum atomic E-state index is -0.622. The molecular weight excluding hydrogens is 261 g/mol. The van der Waals surface area contributed by atoms with Crippen LogP contribution in [0.5, 0.6) is 0 Å². The van der Waals surface area contributed by atoms with E-state index in [-0.39, 0.29) is 17.8 Å². The summed E-state index contributed by atoms with van der Waals surface area (Å²) in [4.78, 5) is 0. The number of rotatable bonds is 3. The third kappa shape index (κ3) is 2.85. The number of benzene rings is 2. The van der Waals surface area contributed by atoms with Gasteiger partial charge < -0.3 is 0 Å². The summed E-state index contributed by atoms with van der Waals surface area (Å²) in [5.74, 6) is -1.62. The zero-order valence-corrected chi connectivity index (χ0v) is 10.1. The fourth-order valence-electron chi connectivity index (χ4n) is 1.70. The van der Waals surface area contributed by atoms with Crippen LogP contribution in [-0.2, 0) is 6.42 Å². The van der Waals surface area contributed by atoms with Gasteiger partial charge in [-0.1, -0.05) is 18.2 Å². The van der Waals surface area contributed by atoms with Crippen molar-refractivity contribution in [3.05, 3.63) is 71.0 Å². The summed E-state index contributed by atoms with van der Waals surface area (Å²) in [6.07, 6.45) is 0.0195. The first kappa shape index (κ1) is 13.0. The highest BCUT2D eigenvalue weighted by Gasteiger charge is 2.15. The Morgan fingerprint density at radius 1 is 0.889 bits per heavy atom. The predicted octanol–water partition coefficient (Wildman–Crippen LogP) is 4.63. The Hall–Kier alpha value is -1.48. The summed E-state index contributed by atoms with van der Waals surface area (Å²) >= 11 is 6.08. The molecule has 1 unspecified atom stereocenters. The average Bonchev–Trinajstić information content (AvgIpc) is 2.34. The van der Waals surface area contributed by atoms with Crippen LogP contribution >= 0.6 is 11.6 Å². The van der Waals surface area contributed by atoms with Gasteiger partial charge in [-0.3, -0.25) is 0 Å². The molecular formula is C14H10ClF3. The Balaban J connectivity index is 2.21. The molecule has 0 saturated heterocycles. The summed E-state index contributed by atoms with van der Waals surface area (Å²) in [5.41, 5.74) is 0.572. The van der Waals surface area contributed by atoms with Crippen LogP contribution in [0.25, 0.3) is 0 Å². The molecule has 0 nitrogen and oxygen atoms in total. The summed E-state index contributed by atoms with van der Waals surface area (Å²) in [6.45, 7) is 0. The van der Waals surface area contributed by atoms with E-state index in [1.54, 1.807) is 0 Å². The lowest BCUT2D eigenvalue weighted by atomic mass is 10.0. The molecule has 0 fully saturated rings. The largest absolute Gasteiger partial charge is 0.207 e. The lowest BCUT2D eigenvalue weighted by Gasteiger charge is -2.11. The average molecular weight is 271 g/mol. The zero-order valence-electron chi connectivity index (χ0n) is 9.34. The van der Waals surface area contributed by atoms with Crippen LogP contribution in [0.15, 0.2) is 42.5 Å². The highest BCUT2D eigenvalue weighted by molar-refractivity contribution is 6.20. The molecule has 0 aliphatic rings. The predicted molar refractivity (Wildman–Crippen MR) is 65.1 cm³/mol. The second kappa shape index (κ2) is 5.44. The molecule has 94 valence electrons. The van der Waals surface area contributed by atoms with Crippen LogP contribution in [0.4, 0.5) is 13.2 Å². The maximum Gasteiger partial charge on any atom is 0.129 e. The number of alkyl halides is 1. The molecule has 0 aromatic heterocycles. The van der Waals surface area contributed by atoms with Gasteiger partial charge >= 0.3 is 0 Å². The van der Waals surface area contributed by atoms with Crippen LogP contribution in [0.3, 0.4) is 0 Å². The van der Waals surface area contributed by atoms with E-state index in [2.05, 4.69) is 0 Å². The van der Waals surface area contributed by atoms with Crippen molar-refractivity contribution in [2.45, 2.75) is 11.8 Å². The number of hydrogen-bond donors (Lipinski definition) is 0. The Morgan fingerprint density at radius 3 is 2.00 bits per heavy atom. The van der Waals surface area contributed by atoms with Gasteiger partial charge in [0.2, 0.25) is 0 Å². The SMILES string of the molecule is Fc1ccc(C(Cl)Cc2c(F)cccc2F)cc1. The standard InChI is InChI=1S/C14H10ClF3/c15-12(9-4-6-10(16)7-5-9)8-11-13(17)2-1-3-14(11)18/h1-7,12H,8H2.